The van der Waals surface area contributed by atoms with Gasteiger partial charge in [-0.3, -0.25) is 9.59 Å². The summed E-state index contributed by atoms with van der Waals surface area (Å²) in [6.45, 7) is 7.57. The first-order valence-corrected chi connectivity index (χ1v) is 27.8. The van der Waals surface area contributed by atoms with Gasteiger partial charge in [-0.25, -0.2) is 0 Å². The fourth-order valence-corrected chi connectivity index (χ4v) is 7.55. The van der Waals surface area contributed by atoms with Gasteiger partial charge >= 0.3 is 11.9 Å². The summed E-state index contributed by atoms with van der Waals surface area (Å²) < 4.78 is 17.4. The quantitative estimate of drug-likeness (QED) is 0.0346. The van der Waals surface area contributed by atoms with Crippen molar-refractivity contribution in [1.82, 2.24) is 0 Å². The molecule has 0 heterocycles. The van der Waals surface area contributed by atoms with Gasteiger partial charge in [0, 0.05) is 19.4 Å². The summed E-state index contributed by atoms with van der Waals surface area (Å²) in [5, 5.41) is 0. The van der Waals surface area contributed by atoms with Crippen LogP contribution in [-0.4, -0.2) is 37.9 Å². The van der Waals surface area contributed by atoms with Gasteiger partial charge in [0.25, 0.3) is 0 Å². The first kappa shape index (κ1) is 62.8. The summed E-state index contributed by atoms with van der Waals surface area (Å²) in [5.74, 6) is -0.451. The number of hydrogen-bond acceptors (Lipinski definition) is 5. The zero-order chi connectivity index (χ0) is 47.7. The average Bonchev–Trinajstić information content (AvgIpc) is 3.32. The van der Waals surface area contributed by atoms with Crippen molar-refractivity contribution in [3.63, 3.8) is 0 Å². The Morgan fingerprint density at radius 1 is 0.348 bits per heavy atom. The normalized spacial score (nSPS) is 13.0. The topological polar surface area (TPSA) is 61.8 Å². The maximum atomic E-state index is 12.8. The first-order chi connectivity index (χ1) is 32.6. The van der Waals surface area contributed by atoms with Crippen LogP contribution in [0.1, 0.15) is 252 Å². The molecule has 0 N–H and O–H groups in total. The summed E-state index contributed by atoms with van der Waals surface area (Å²) in [4.78, 5) is 25.5. The van der Waals surface area contributed by atoms with Crippen LogP contribution in [0.15, 0.2) is 97.2 Å². The van der Waals surface area contributed by atoms with Gasteiger partial charge in [0.15, 0.2) is 6.10 Å². The van der Waals surface area contributed by atoms with Gasteiger partial charge in [0.05, 0.1) is 6.61 Å². The van der Waals surface area contributed by atoms with Gasteiger partial charge in [-0.15, -0.1) is 0 Å². The zero-order valence-corrected chi connectivity index (χ0v) is 43.4. The molecule has 0 saturated heterocycles. The second-order valence-electron chi connectivity index (χ2n) is 18.1. The van der Waals surface area contributed by atoms with E-state index in [2.05, 4.69) is 118 Å². The van der Waals surface area contributed by atoms with Crippen molar-refractivity contribution in [2.45, 2.75) is 258 Å². The van der Waals surface area contributed by atoms with Crippen molar-refractivity contribution >= 4 is 11.9 Å². The van der Waals surface area contributed by atoms with E-state index in [0.717, 1.165) is 116 Å². The molecule has 0 aromatic heterocycles. The van der Waals surface area contributed by atoms with E-state index in [1.165, 1.54) is 103 Å². The minimum atomic E-state index is -0.565. The minimum Gasteiger partial charge on any atom is -0.462 e. The van der Waals surface area contributed by atoms with Gasteiger partial charge in [-0.1, -0.05) is 240 Å². The largest absolute Gasteiger partial charge is 0.462 e. The van der Waals surface area contributed by atoms with E-state index in [9.17, 15) is 9.59 Å². The fraction of sp³-hybridized carbons (Fsp3) is 0.705. The van der Waals surface area contributed by atoms with Crippen molar-refractivity contribution < 1.29 is 23.8 Å². The Hall–Kier alpha value is -3.18. The number of carbonyl (C=O) groups is 2. The van der Waals surface area contributed by atoms with E-state index in [1.807, 2.05) is 0 Å². The molecule has 0 radical (unpaired) electrons. The van der Waals surface area contributed by atoms with Crippen LogP contribution in [0.5, 0.6) is 0 Å². The summed E-state index contributed by atoms with van der Waals surface area (Å²) in [6.07, 6.45) is 75.7. The molecule has 0 aliphatic rings. The molecule has 0 aromatic rings. The smallest absolute Gasteiger partial charge is 0.306 e. The summed E-state index contributed by atoms with van der Waals surface area (Å²) in [5.41, 5.74) is 0. The predicted octanol–water partition coefficient (Wildman–Crippen LogP) is 19.0. The lowest BCUT2D eigenvalue weighted by Gasteiger charge is -2.18. The SMILES string of the molecule is CC/C=C\C/C=C\C/C=C\C/C=C\C/C=C\CCCCCC(=O)O[C@H](COCCCCCCCCCCCCCCCCCC)COC(=O)CCCCCCC/C=C\C/C=C\C/C=C\CC. The molecule has 0 fully saturated rings. The Kier molecular flexibility index (Phi) is 53.4. The number of hydrogen-bond donors (Lipinski definition) is 0. The highest BCUT2D eigenvalue weighted by molar-refractivity contribution is 5.70. The first-order valence-electron chi connectivity index (χ1n) is 27.8. The van der Waals surface area contributed by atoms with Gasteiger partial charge in [-0.05, 0) is 96.3 Å². The van der Waals surface area contributed by atoms with Crippen LogP contribution in [0.25, 0.3) is 0 Å². The Bertz CT molecular complexity index is 1270. The van der Waals surface area contributed by atoms with Gasteiger partial charge in [-0.2, -0.15) is 0 Å². The van der Waals surface area contributed by atoms with Crippen molar-refractivity contribution in [1.29, 1.82) is 0 Å². The molecule has 0 saturated carbocycles. The monoisotopic (exact) mass is 917 g/mol. The van der Waals surface area contributed by atoms with Crippen molar-refractivity contribution in [2.75, 3.05) is 19.8 Å². The van der Waals surface area contributed by atoms with Crippen molar-refractivity contribution in [3.05, 3.63) is 97.2 Å². The lowest BCUT2D eigenvalue weighted by atomic mass is 10.0. The molecule has 0 bridgehead atoms. The molecule has 0 aliphatic carbocycles. The van der Waals surface area contributed by atoms with E-state index in [4.69, 9.17) is 14.2 Å². The molecular weight excluding hydrogens is 813 g/mol. The van der Waals surface area contributed by atoms with Crippen LogP contribution in [0.3, 0.4) is 0 Å². The molecule has 5 nitrogen and oxygen atoms in total. The minimum absolute atomic E-state index is 0.0601. The Morgan fingerprint density at radius 3 is 1.11 bits per heavy atom. The van der Waals surface area contributed by atoms with Crippen LogP contribution in [0.4, 0.5) is 0 Å². The molecule has 0 unspecified atom stereocenters. The second-order valence-corrected chi connectivity index (χ2v) is 18.1. The number of unbranched alkanes of at least 4 members (excludes halogenated alkanes) is 23. The molecule has 0 aromatic carbocycles. The maximum Gasteiger partial charge on any atom is 0.306 e. The van der Waals surface area contributed by atoms with E-state index in [0.29, 0.717) is 19.4 Å². The van der Waals surface area contributed by atoms with Crippen LogP contribution in [0, 0.1) is 0 Å². The molecule has 0 amide bonds. The summed E-state index contributed by atoms with van der Waals surface area (Å²) in [7, 11) is 0. The molecular formula is C61H104O5. The molecule has 0 spiro atoms. The Labute approximate surface area is 409 Å². The lowest BCUT2D eigenvalue weighted by Crippen LogP contribution is -2.30. The average molecular weight is 917 g/mol. The van der Waals surface area contributed by atoms with E-state index < -0.39 is 6.10 Å². The maximum absolute atomic E-state index is 12.8. The molecule has 66 heavy (non-hydrogen) atoms. The Balaban J connectivity index is 4.37. The third-order valence-electron chi connectivity index (χ3n) is 11.6. The Morgan fingerprint density at radius 2 is 0.682 bits per heavy atom. The molecule has 5 heteroatoms. The number of carbonyl (C=O) groups excluding carboxylic acids is 2. The zero-order valence-electron chi connectivity index (χ0n) is 43.4. The lowest BCUT2D eigenvalue weighted by molar-refractivity contribution is -0.163. The molecule has 0 aliphatic heterocycles. The highest BCUT2D eigenvalue weighted by Gasteiger charge is 2.17. The molecule has 1 atom stereocenters. The molecule has 0 rings (SSSR count). The van der Waals surface area contributed by atoms with Crippen molar-refractivity contribution in [3.8, 4) is 0 Å². The summed E-state index contributed by atoms with van der Waals surface area (Å²) in [6, 6.07) is 0. The van der Waals surface area contributed by atoms with Crippen LogP contribution >= 0.6 is 0 Å². The number of esters is 2. The summed E-state index contributed by atoms with van der Waals surface area (Å²) >= 11 is 0. The van der Waals surface area contributed by atoms with Crippen LogP contribution < -0.4 is 0 Å². The predicted molar refractivity (Wildman–Crippen MR) is 288 cm³/mol. The van der Waals surface area contributed by atoms with E-state index in [1.54, 1.807) is 0 Å². The standard InChI is InChI=1S/C61H104O5/c1-4-7-10-13-16-19-22-25-28-30-31-32-34-37-40-43-46-49-52-55-61(63)66-59(57-64-56-53-50-47-44-41-38-35-29-26-23-20-17-14-11-8-5-2)58-65-60(62)54-51-48-45-42-39-36-33-27-24-21-18-15-12-9-6-3/h7,9-10,12,16,18-19,21,25,27-28,31-33,37,40,59H,4-6,8,11,13-15,17,20,22-24,26,29-30,34-36,38-39,41-58H2,1-3H3/b10-7-,12-9-,19-16-,21-18-,28-25-,32-31-,33-27-,40-37-/t59-/m1/s1. The van der Waals surface area contributed by atoms with Gasteiger partial charge in [0.1, 0.15) is 6.61 Å². The second kappa shape index (κ2) is 56.1. The fourth-order valence-electron chi connectivity index (χ4n) is 7.55. The third-order valence-corrected chi connectivity index (χ3v) is 11.6. The van der Waals surface area contributed by atoms with Crippen LogP contribution in [0.2, 0.25) is 0 Å². The number of allylic oxidation sites excluding steroid dienone is 16. The van der Waals surface area contributed by atoms with Crippen LogP contribution in [-0.2, 0) is 23.8 Å². The van der Waals surface area contributed by atoms with Crippen molar-refractivity contribution in [2.24, 2.45) is 0 Å². The number of ether oxygens (including phenoxy) is 3. The van der Waals surface area contributed by atoms with Gasteiger partial charge < -0.3 is 14.2 Å². The highest BCUT2D eigenvalue weighted by atomic mass is 16.6. The number of rotatable bonds is 50. The molecule has 378 valence electrons. The van der Waals surface area contributed by atoms with E-state index in [-0.39, 0.29) is 25.2 Å². The highest BCUT2D eigenvalue weighted by Crippen LogP contribution is 2.15. The van der Waals surface area contributed by atoms with Gasteiger partial charge in [0.2, 0.25) is 0 Å². The third kappa shape index (κ3) is 53.4. The van der Waals surface area contributed by atoms with E-state index >= 15 is 0 Å².